The summed E-state index contributed by atoms with van der Waals surface area (Å²) in [6.45, 7) is 5.09. The summed E-state index contributed by atoms with van der Waals surface area (Å²) in [4.78, 5) is 23.9. The van der Waals surface area contributed by atoms with Gasteiger partial charge in [-0.3, -0.25) is 0 Å². The molecule has 1 aliphatic heterocycles. The van der Waals surface area contributed by atoms with E-state index < -0.39 is 17.7 Å². The fourth-order valence-electron chi connectivity index (χ4n) is 1.87. The standard InChI is InChI=1S/C15H15BrO6/c1-4-20-12-6-8(10(16)7-11(12)17)5-9-13(18)21-15(2,3)22-14(9)19/h5-7,17H,4H2,1-3H3. The summed E-state index contributed by atoms with van der Waals surface area (Å²) in [6.07, 6.45) is 1.33. The van der Waals surface area contributed by atoms with Gasteiger partial charge in [0.25, 0.3) is 5.79 Å². The summed E-state index contributed by atoms with van der Waals surface area (Å²) in [6, 6.07) is 2.93. The monoisotopic (exact) mass is 370 g/mol. The van der Waals surface area contributed by atoms with Crippen molar-refractivity contribution < 1.29 is 28.9 Å². The van der Waals surface area contributed by atoms with Crippen molar-refractivity contribution in [2.75, 3.05) is 6.61 Å². The first-order chi connectivity index (χ1) is 10.2. The Hall–Kier alpha value is -2.02. The molecule has 0 unspecified atom stereocenters. The van der Waals surface area contributed by atoms with Gasteiger partial charge >= 0.3 is 11.9 Å². The van der Waals surface area contributed by atoms with Crippen LogP contribution in [0, 0.1) is 0 Å². The Balaban J connectivity index is 2.42. The molecule has 6 nitrogen and oxygen atoms in total. The molecular formula is C15H15BrO6. The molecule has 22 heavy (non-hydrogen) atoms. The van der Waals surface area contributed by atoms with Crippen LogP contribution in [0.1, 0.15) is 26.3 Å². The van der Waals surface area contributed by atoms with Gasteiger partial charge in [-0.15, -0.1) is 0 Å². The average molecular weight is 371 g/mol. The molecular weight excluding hydrogens is 356 g/mol. The maximum Gasteiger partial charge on any atom is 0.348 e. The smallest absolute Gasteiger partial charge is 0.348 e. The van der Waals surface area contributed by atoms with Gasteiger partial charge in [-0.05, 0) is 30.7 Å². The van der Waals surface area contributed by atoms with Crippen molar-refractivity contribution in [1.82, 2.24) is 0 Å². The number of cyclic esters (lactones) is 2. The van der Waals surface area contributed by atoms with Crippen molar-refractivity contribution in [3.05, 3.63) is 27.7 Å². The number of esters is 2. The van der Waals surface area contributed by atoms with E-state index in [1.54, 1.807) is 6.92 Å². The highest BCUT2D eigenvalue weighted by Gasteiger charge is 2.38. The summed E-state index contributed by atoms with van der Waals surface area (Å²) in [5.41, 5.74) is 0.248. The highest BCUT2D eigenvalue weighted by atomic mass is 79.9. The second kappa shape index (κ2) is 6.00. The largest absolute Gasteiger partial charge is 0.504 e. The number of rotatable bonds is 3. The fraction of sp³-hybridized carbons (Fsp3) is 0.333. The van der Waals surface area contributed by atoms with Crippen LogP contribution in [0.3, 0.4) is 0 Å². The van der Waals surface area contributed by atoms with Crippen LogP contribution in [-0.2, 0) is 19.1 Å². The molecule has 1 fully saturated rings. The average Bonchev–Trinajstić information content (AvgIpc) is 2.37. The molecule has 1 saturated heterocycles. The fourth-order valence-corrected chi connectivity index (χ4v) is 2.32. The number of hydrogen-bond acceptors (Lipinski definition) is 6. The summed E-state index contributed by atoms with van der Waals surface area (Å²) >= 11 is 3.26. The normalized spacial score (nSPS) is 16.8. The molecule has 1 aromatic rings. The van der Waals surface area contributed by atoms with E-state index >= 15 is 0 Å². The van der Waals surface area contributed by atoms with Gasteiger partial charge < -0.3 is 19.3 Å². The molecule has 0 amide bonds. The van der Waals surface area contributed by atoms with Gasteiger partial charge in [-0.25, -0.2) is 9.59 Å². The molecule has 1 aromatic carbocycles. The first kappa shape index (κ1) is 16.4. The van der Waals surface area contributed by atoms with E-state index in [9.17, 15) is 14.7 Å². The third-order valence-corrected chi connectivity index (χ3v) is 3.48. The number of carbonyl (C=O) groups is 2. The van der Waals surface area contributed by atoms with Gasteiger partial charge in [0.05, 0.1) is 6.61 Å². The van der Waals surface area contributed by atoms with E-state index in [4.69, 9.17) is 14.2 Å². The lowest BCUT2D eigenvalue weighted by Crippen LogP contribution is -2.41. The van der Waals surface area contributed by atoms with Crippen LogP contribution < -0.4 is 4.74 Å². The topological polar surface area (TPSA) is 82.1 Å². The summed E-state index contributed by atoms with van der Waals surface area (Å²) < 4.78 is 15.8. The number of aromatic hydroxyl groups is 1. The molecule has 0 spiro atoms. The zero-order chi connectivity index (χ0) is 16.5. The summed E-state index contributed by atoms with van der Waals surface area (Å²) in [5, 5.41) is 9.77. The number of hydrogen-bond donors (Lipinski definition) is 1. The minimum Gasteiger partial charge on any atom is -0.504 e. The van der Waals surface area contributed by atoms with E-state index in [0.717, 1.165) is 0 Å². The van der Waals surface area contributed by atoms with Crippen molar-refractivity contribution in [2.45, 2.75) is 26.6 Å². The maximum atomic E-state index is 11.9. The Morgan fingerprint density at radius 1 is 1.27 bits per heavy atom. The predicted octanol–water partition coefficient (Wildman–Crippen LogP) is 2.77. The van der Waals surface area contributed by atoms with Crippen LogP contribution in [0.15, 0.2) is 22.2 Å². The summed E-state index contributed by atoms with van der Waals surface area (Å²) in [5.74, 6) is -2.62. The van der Waals surface area contributed by atoms with Gasteiger partial charge in [-0.1, -0.05) is 15.9 Å². The van der Waals surface area contributed by atoms with E-state index in [2.05, 4.69) is 15.9 Å². The number of carbonyl (C=O) groups excluding carboxylic acids is 2. The highest BCUT2D eigenvalue weighted by molar-refractivity contribution is 9.10. The van der Waals surface area contributed by atoms with E-state index in [-0.39, 0.29) is 17.1 Å². The lowest BCUT2D eigenvalue weighted by Gasteiger charge is -2.29. The Morgan fingerprint density at radius 2 is 1.86 bits per heavy atom. The van der Waals surface area contributed by atoms with E-state index in [1.807, 2.05) is 0 Å². The van der Waals surface area contributed by atoms with Crippen molar-refractivity contribution >= 4 is 33.9 Å². The van der Waals surface area contributed by atoms with Crippen LogP contribution in [0.5, 0.6) is 11.5 Å². The van der Waals surface area contributed by atoms with Gasteiger partial charge in [0.2, 0.25) is 0 Å². The molecule has 118 valence electrons. The van der Waals surface area contributed by atoms with Crippen LogP contribution in [-0.4, -0.2) is 29.4 Å². The molecule has 1 N–H and O–H groups in total. The lowest BCUT2D eigenvalue weighted by molar-refractivity contribution is -0.222. The van der Waals surface area contributed by atoms with Crippen LogP contribution in [0.4, 0.5) is 0 Å². The first-order valence-corrected chi connectivity index (χ1v) is 7.36. The Kier molecular flexibility index (Phi) is 4.46. The van der Waals surface area contributed by atoms with Crippen molar-refractivity contribution in [1.29, 1.82) is 0 Å². The highest BCUT2D eigenvalue weighted by Crippen LogP contribution is 2.34. The molecule has 0 radical (unpaired) electrons. The molecule has 0 atom stereocenters. The molecule has 7 heteroatoms. The van der Waals surface area contributed by atoms with Crippen LogP contribution in [0.25, 0.3) is 6.08 Å². The van der Waals surface area contributed by atoms with Crippen LogP contribution in [0.2, 0.25) is 0 Å². The Morgan fingerprint density at radius 3 is 2.41 bits per heavy atom. The Bertz CT molecular complexity index is 640. The van der Waals surface area contributed by atoms with E-state index in [1.165, 1.54) is 32.1 Å². The maximum absolute atomic E-state index is 11.9. The van der Waals surface area contributed by atoms with E-state index in [0.29, 0.717) is 16.6 Å². The number of benzene rings is 1. The third-order valence-electron chi connectivity index (χ3n) is 2.79. The molecule has 0 bridgehead atoms. The minimum atomic E-state index is -1.28. The number of phenolic OH excluding ortho intramolecular Hbond substituents is 1. The quantitative estimate of drug-likeness (QED) is 0.500. The van der Waals surface area contributed by atoms with Gasteiger partial charge in [0.15, 0.2) is 11.5 Å². The molecule has 0 saturated carbocycles. The van der Waals surface area contributed by atoms with Gasteiger partial charge in [-0.2, -0.15) is 0 Å². The van der Waals surface area contributed by atoms with Crippen molar-refractivity contribution in [3.63, 3.8) is 0 Å². The lowest BCUT2D eigenvalue weighted by atomic mass is 10.1. The number of phenols is 1. The Labute approximate surface area is 135 Å². The second-order valence-electron chi connectivity index (χ2n) is 5.01. The second-order valence-corrected chi connectivity index (χ2v) is 5.87. The first-order valence-electron chi connectivity index (χ1n) is 6.57. The number of ether oxygens (including phenoxy) is 3. The molecule has 1 heterocycles. The zero-order valence-electron chi connectivity index (χ0n) is 12.3. The molecule has 1 aliphatic rings. The molecule has 2 rings (SSSR count). The number of halogens is 1. The van der Waals surface area contributed by atoms with Crippen molar-refractivity contribution in [3.8, 4) is 11.5 Å². The third kappa shape index (κ3) is 3.41. The minimum absolute atomic E-state index is 0.0502. The SMILES string of the molecule is CCOc1cc(C=C2C(=O)OC(C)(C)OC2=O)c(Br)cc1O. The van der Waals surface area contributed by atoms with Gasteiger partial charge in [0.1, 0.15) is 5.57 Å². The summed E-state index contributed by atoms with van der Waals surface area (Å²) in [7, 11) is 0. The molecule has 0 aliphatic carbocycles. The predicted molar refractivity (Wildman–Crippen MR) is 81.2 cm³/mol. The van der Waals surface area contributed by atoms with Crippen molar-refractivity contribution in [2.24, 2.45) is 0 Å². The molecule has 0 aromatic heterocycles. The van der Waals surface area contributed by atoms with Gasteiger partial charge in [0, 0.05) is 18.3 Å². The van der Waals surface area contributed by atoms with Crippen LogP contribution >= 0.6 is 15.9 Å². The zero-order valence-corrected chi connectivity index (χ0v) is 13.9.